The first-order chi connectivity index (χ1) is 10.1. The highest BCUT2D eigenvalue weighted by Crippen LogP contribution is 2.32. The molecule has 2 atom stereocenters. The molecule has 6 heteroatoms. The number of rotatable bonds is 4. The molecule has 2 heterocycles. The van der Waals surface area contributed by atoms with Crippen molar-refractivity contribution in [3.8, 4) is 0 Å². The number of likely N-dealkylation sites (tertiary alicyclic amines) is 1. The van der Waals surface area contributed by atoms with Crippen molar-refractivity contribution < 1.29 is 14.0 Å². The highest BCUT2D eigenvalue weighted by Gasteiger charge is 2.31. The Kier molecular flexibility index (Phi) is 3.98. The van der Waals surface area contributed by atoms with Gasteiger partial charge in [0.15, 0.2) is 5.82 Å². The van der Waals surface area contributed by atoms with E-state index in [4.69, 9.17) is 4.52 Å². The van der Waals surface area contributed by atoms with E-state index in [0.29, 0.717) is 23.8 Å². The summed E-state index contributed by atoms with van der Waals surface area (Å²) in [6, 6.07) is 6.35. The van der Waals surface area contributed by atoms with Gasteiger partial charge in [-0.15, -0.1) is 0 Å². The van der Waals surface area contributed by atoms with Crippen molar-refractivity contribution in [3.63, 3.8) is 0 Å². The zero-order chi connectivity index (χ0) is 14.8. The Balaban J connectivity index is 1.73. The zero-order valence-corrected chi connectivity index (χ0v) is 11.9. The highest BCUT2D eigenvalue weighted by atomic mass is 19.1. The van der Waals surface area contributed by atoms with Gasteiger partial charge >= 0.3 is 0 Å². The molecule has 0 radical (unpaired) electrons. The van der Waals surface area contributed by atoms with Gasteiger partial charge in [0.2, 0.25) is 5.89 Å². The molecule has 0 bridgehead atoms. The van der Waals surface area contributed by atoms with Gasteiger partial charge in [0.1, 0.15) is 5.82 Å². The minimum absolute atomic E-state index is 0.0314. The van der Waals surface area contributed by atoms with Crippen molar-refractivity contribution in [2.75, 3.05) is 13.1 Å². The Bertz CT molecular complexity index is 616. The van der Waals surface area contributed by atoms with Gasteiger partial charge in [0.25, 0.3) is 0 Å². The molecule has 1 aliphatic rings. The first-order valence-electron chi connectivity index (χ1n) is 7.12. The first kappa shape index (κ1) is 14.2. The van der Waals surface area contributed by atoms with Gasteiger partial charge in [-0.3, -0.25) is 4.90 Å². The maximum Gasteiger partial charge on any atom is 0.223 e. The van der Waals surface area contributed by atoms with Crippen LogP contribution in [0.1, 0.15) is 42.3 Å². The monoisotopic (exact) mass is 291 g/mol. The molecule has 0 spiro atoms. The fourth-order valence-electron chi connectivity index (χ4n) is 2.85. The third-order valence-electron chi connectivity index (χ3n) is 3.88. The number of hydrogen-bond donors (Lipinski definition) is 1. The molecule has 1 N–H and O–H groups in total. The summed E-state index contributed by atoms with van der Waals surface area (Å²) in [6.07, 6.45) is 1.06. The molecule has 1 aromatic heterocycles. The summed E-state index contributed by atoms with van der Waals surface area (Å²) in [5.74, 6) is 0.799. The summed E-state index contributed by atoms with van der Waals surface area (Å²) in [6.45, 7) is 2.95. The van der Waals surface area contributed by atoms with Gasteiger partial charge in [0, 0.05) is 19.0 Å². The highest BCUT2D eigenvalue weighted by molar-refractivity contribution is 5.20. The fraction of sp³-hybridized carbons (Fsp3) is 0.467. The van der Waals surface area contributed by atoms with E-state index in [2.05, 4.69) is 15.0 Å². The van der Waals surface area contributed by atoms with Crippen molar-refractivity contribution in [3.05, 3.63) is 47.4 Å². The summed E-state index contributed by atoms with van der Waals surface area (Å²) in [4.78, 5) is 6.35. The Morgan fingerprint density at radius 3 is 3.00 bits per heavy atom. The molecule has 1 aliphatic heterocycles. The summed E-state index contributed by atoms with van der Waals surface area (Å²) in [5.41, 5.74) is 0.326. The minimum atomic E-state index is -0.861. The van der Waals surface area contributed by atoms with Gasteiger partial charge in [-0.25, -0.2) is 4.39 Å². The second-order valence-electron chi connectivity index (χ2n) is 5.36. The van der Waals surface area contributed by atoms with Crippen LogP contribution in [0, 0.1) is 12.7 Å². The second kappa shape index (κ2) is 5.91. The number of aliphatic hydroxyl groups excluding tert-OH is 1. The Morgan fingerprint density at radius 1 is 1.48 bits per heavy atom. The molecule has 0 aliphatic carbocycles. The fourth-order valence-corrected chi connectivity index (χ4v) is 2.85. The number of hydrogen-bond acceptors (Lipinski definition) is 5. The topological polar surface area (TPSA) is 62.4 Å². The van der Waals surface area contributed by atoms with Crippen LogP contribution in [0.2, 0.25) is 0 Å². The van der Waals surface area contributed by atoms with E-state index in [1.807, 2.05) is 0 Å². The number of β-amino-alcohol motifs (C(OH)–C–C–N with tert-alkyl or cyclic N) is 1. The number of aryl methyl sites for hydroxylation is 1. The third kappa shape index (κ3) is 2.96. The van der Waals surface area contributed by atoms with Gasteiger partial charge in [0.05, 0.1) is 12.1 Å². The van der Waals surface area contributed by atoms with E-state index in [0.717, 1.165) is 19.4 Å². The van der Waals surface area contributed by atoms with Gasteiger partial charge in [-0.05, 0) is 25.5 Å². The van der Waals surface area contributed by atoms with Crippen molar-refractivity contribution in [2.45, 2.75) is 31.9 Å². The molecule has 0 amide bonds. The molecular formula is C15H18FN3O2. The summed E-state index contributed by atoms with van der Waals surface area (Å²) in [5, 5.41) is 14.2. The summed E-state index contributed by atoms with van der Waals surface area (Å²) >= 11 is 0. The van der Waals surface area contributed by atoms with Gasteiger partial charge < -0.3 is 9.63 Å². The van der Waals surface area contributed by atoms with Crippen LogP contribution < -0.4 is 0 Å². The molecule has 0 saturated carbocycles. The lowest BCUT2D eigenvalue weighted by Gasteiger charge is -2.25. The lowest BCUT2D eigenvalue weighted by Crippen LogP contribution is -2.29. The van der Waals surface area contributed by atoms with E-state index < -0.39 is 6.10 Å². The van der Waals surface area contributed by atoms with E-state index in [9.17, 15) is 9.50 Å². The molecule has 1 aromatic carbocycles. The summed E-state index contributed by atoms with van der Waals surface area (Å²) < 4.78 is 18.7. The van der Waals surface area contributed by atoms with Crippen LogP contribution in [-0.2, 0) is 0 Å². The molecule has 0 unspecified atom stereocenters. The lowest BCUT2D eigenvalue weighted by molar-refractivity contribution is 0.101. The van der Waals surface area contributed by atoms with Crippen LogP contribution in [0.5, 0.6) is 0 Å². The number of benzene rings is 1. The van der Waals surface area contributed by atoms with Crippen molar-refractivity contribution in [1.29, 1.82) is 0 Å². The largest absolute Gasteiger partial charge is 0.387 e. The minimum Gasteiger partial charge on any atom is -0.387 e. The first-order valence-corrected chi connectivity index (χ1v) is 7.12. The quantitative estimate of drug-likeness (QED) is 0.937. The molecule has 5 nitrogen and oxygen atoms in total. The van der Waals surface area contributed by atoms with Crippen LogP contribution in [0.15, 0.2) is 28.8 Å². The third-order valence-corrected chi connectivity index (χ3v) is 3.88. The van der Waals surface area contributed by atoms with Crippen molar-refractivity contribution in [2.24, 2.45) is 0 Å². The molecule has 112 valence electrons. The molecule has 1 saturated heterocycles. The predicted molar refractivity (Wildman–Crippen MR) is 73.9 cm³/mol. The summed E-state index contributed by atoms with van der Waals surface area (Å²) in [7, 11) is 0. The lowest BCUT2D eigenvalue weighted by atomic mass is 10.1. The smallest absolute Gasteiger partial charge is 0.223 e. The van der Waals surface area contributed by atoms with E-state index in [1.54, 1.807) is 25.1 Å². The average Bonchev–Trinajstić information content (AvgIpc) is 3.08. The van der Waals surface area contributed by atoms with E-state index in [-0.39, 0.29) is 11.9 Å². The molecule has 1 fully saturated rings. The van der Waals surface area contributed by atoms with Crippen LogP contribution in [0.25, 0.3) is 0 Å². The molecule has 21 heavy (non-hydrogen) atoms. The van der Waals surface area contributed by atoms with Gasteiger partial charge in [-0.1, -0.05) is 23.4 Å². The number of halogens is 1. The molecule has 2 aromatic rings. The average molecular weight is 291 g/mol. The Hall–Kier alpha value is -1.79. The van der Waals surface area contributed by atoms with Crippen LogP contribution in [0.3, 0.4) is 0 Å². The maximum absolute atomic E-state index is 13.7. The maximum atomic E-state index is 13.7. The second-order valence-corrected chi connectivity index (χ2v) is 5.36. The SMILES string of the molecule is Cc1nc([C@H]2CCCN2C[C@H](O)c2ccccc2F)no1. The molecular weight excluding hydrogens is 273 g/mol. The van der Waals surface area contributed by atoms with Crippen molar-refractivity contribution in [1.82, 2.24) is 15.0 Å². The normalized spacial score (nSPS) is 20.8. The Morgan fingerprint density at radius 2 is 2.29 bits per heavy atom. The zero-order valence-electron chi connectivity index (χ0n) is 11.9. The number of aliphatic hydroxyl groups is 1. The Labute approximate surface area is 122 Å². The number of aromatic nitrogens is 2. The molecule has 3 rings (SSSR count). The predicted octanol–water partition coefficient (Wildman–Crippen LogP) is 2.39. The van der Waals surface area contributed by atoms with Crippen molar-refractivity contribution >= 4 is 0 Å². The van der Waals surface area contributed by atoms with Crippen LogP contribution in [-0.4, -0.2) is 33.2 Å². The van der Waals surface area contributed by atoms with E-state index >= 15 is 0 Å². The standard InChI is InChI=1S/C15H18FN3O2/c1-10-17-15(18-21-10)13-7-4-8-19(13)9-14(20)11-5-2-3-6-12(11)16/h2-3,5-6,13-14,20H,4,7-9H2,1H3/t13-,14+/m1/s1. The van der Waals surface area contributed by atoms with E-state index in [1.165, 1.54) is 6.07 Å². The van der Waals surface area contributed by atoms with Crippen LogP contribution in [0.4, 0.5) is 4.39 Å². The van der Waals surface area contributed by atoms with Gasteiger partial charge in [-0.2, -0.15) is 4.98 Å². The number of nitrogens with zero attached hydrogens (tertiary/aromatic N) is 3. The van der Waals surface area contributed by atoms with Crippen LogP contribution >= 0.6 is 0 Å².